The lowest BCUT2D eigenvalue weighted by Gasteiger charge is -2.16. The second-order valence-electron chi connectivity index (χ2n) is 7.49. The van der Waals surface area contributed by atoms with Gasteiger partial charge in [-0.2, -0.15) is 4.98 Å². The van der Waals surface area contributed by atoms with E-state index in [1.54, 1.807) is 0 Å². The predicted octanol–water partition coefficient (Wildman–Crippen LogP) is 4.35. The summed E-state index contributed by atoms with van der Waals surface area (Å²) in [4.78, 5) is 18.9. The Morgan fingerprint density at radius 2 is 2.03 bits per heavy atom. The molecule has 0 bridgehead atoms. The number of ether oxygens (including phenoxy) is 1. The molecule has 1 fully saturated rings. The molecule has 1 aromatic heterocycles. The van der Waals surface area contributed by atoms with Gasteiger partial charge in [0, 0.05) is 25.1 Å². The molecule has 0 N–H and O–H groups in total. The third-order valence-electron chi connectivity index (χ3n) is 5.05. The van der Waals surface area contributed by atoms with Gasteiger partial charge in [-0.1, -0.05) is 48.0 Å². The summed E-state index contributed by atoms with van der Waals surface area (Å²) in [7, 11) is 0. The van der Waals surface area contributed by atoms with Crippen LogP contribution in [0.25, 0.3) is 11.4 Å². The van der Waals surface area contributed by atoms with E-state index < -0.39 is 0 Å². The number of hydrogen-bond acceptors (Lipinski definition) is 5. The molecule has 29 heavy (non-hydrogen) atoms. The van der Waals surface area contributed by atoms with E-state index in [-0.39, 0.29) is 11.8 Å². The summed E-state index contributed by atoms with van der Waals surface area (Å²) >= 11 is 0. The van der Waals surface area contributed by atoms with Crippen LogP contribution in [0.3, 0.4) is 0 Å². The lowest BCUT2D eigenvalue weighted by atomic mass is 10.1. The molecule has 3 aromatic rings. The average molecular weight is 391 g/mol. The van der Waals surface area contributed by atoms with Gasteiger partial charge < -0.3 is 14.2 Å². The molecule has 1 aliphatic rings. The van der Waals surface area contributed by atoms with Gasteiger partial charge in [-0.3, -0.25) is 4.79 Å². The molecule has 1 amide bonds. The van der Waals surface area contributed by atoms with Crippen LogP contribution >= 0.6 is 0 Å². The summed E-state index contributed by atoms with van der Waals surface area (Å²) in [6.45, 7) is 5.97. The van der Waals surface area contributed by atoms with Crippen molar-refractivity contribution in [3.63, 3.8) is 0 Å². The van der Waals surface area contributed by atoms with Crippen LogP contribution in [0, 0.1) is 6.92 Å². The molecule has 6 nitrogen and oxygen atoms in total. The predicted molar refractivity (Wildman–Crippen MR) is 109 cm³/mol. The fourth-order valence-corrected chi connectivity index (χ4v) is 3.52. The van der Waals surface area contributed by atoms with E-state index in [1.807, 2.05) is 60.4 Å². The molecule has 1 unspecified atom stereocenters. The summed E-state index contributed by atoms with van der Waals surface area (Å²) in [6, 6.07) is 15.9. The first kappa shape index (κ1) is 19.2. The number of hydrogen-bond donors (Lipinski definition) is 0. The maximum absolute atomic E-state index is 12.5. The molecule has 2 aromatic carbocycles. The monoisotopic (exact) mass is 391 g/mol. The number of amides is 1. The number of aryl methyl sites for hydroxylation is 1. The Labute approximate surface area is 170 Å². The molecule has 0 radical (unpaired) electrons. The van der Waals surface area contributed by atoms with Crippen molar-refractivity contribution in [3.05, 3.63) is 65.5 Å². The summed E-state index contributed by atoms with van der Waals surface area (Å²) < 4.78 is 11.1. The Morgan fingerprint density at radius 1 is 1.21 bits per heavy atom. The maximum atomic E-state index is 12.5. The van der Waals surface area contributed by atoms with Crippen molar-refractivity contribution in [2.45, 2.75) is 39.2 Å². The molecule has 0 aliphatic carbocycles. The number of nitrogens with zero attached hydrogens (tertiary/aromatic N) is 3. The van der Waals surface area contributed by atoms with Gasteiger partial charge in [0.15, 0.2) is 0 Å². The van der Waals surface area contributed by atoms with Crippen molar-refractivity contribution in [3.8, 4) is 17.1 Å². The zero-order valence-corrected chi connectivity index (χ0v) is 16.8. The van der Waals surface area contributed by atoms with Crippen molar-refractivity contribution in [1.82, 2.24) is 15.0 Å². The third-order valence-corrected chi connectivity index (χ3v) is 5.05. The number of benzene rings is 2. The molecule has 1 atom stereocenters. The van der Waals surface area contributed by atoms with Crippen LogP contribution < -0.4 is 4.74 Å². The quantitative estimate of drug-likeness (QED) is 0.599. The van der Waals surface area contributed by atoms with Crippen LogP contribution in [0.5, 0.6) is 5.75 Å². The molecule has 2 heterocycles. The average Bonchev–Trinajstić information content (AvgIpc) is 3.35. The van der Waals surface area contributed by atoms with Crippen molar-refractivity contribution >= 4 is 5.91 Å². The van der Waals surface area contributed by atoms with Gasteiger partial charge in [0.05, 0.1) is 12.5 Å². The van der Waals surface area contributed by atoms with Crippen LogP contribution in [0.4, 0.5) is 0 Å². The van der Waals surface area contributed by atoms with E-state index in [4.69, 9.17) is 9.26 Å². The summed E-state index contributed by atoms with van der Waals surface area (Å²) in [5.74, 6) is 1.99. The van der Waals surface area contributed by atoms with Crippen molar-refractivity contribution in [1.29, 1.82) is 0 Å². The topological polar surface area (TPSA) is 68.5 Å². The van der Waals surface area contributed by atoms with Crippen LogP contribution in [0.1, 0.15) is 42.7 Å². The van der Waals surface area contributed by atoms with Crippen molar-refractivity contribution < 1.29 is 14.1 Å². The van der Waals surface area contributed by atoms with Crippen molar-refractivity contribution in [2.75, 3.05) is 13.2 Å². The highest BCUT2D eigenvalue weighted by atomic mass is 16.5. The Bertz CT molecular complexity index is 981. The van der Waals surface area contributed by atoms with E-state index in [1.165, 1.54) is 0 Å². The normalized spacial score (nSPS) is 16.4. The van der Waals surface area contributed by atoms with Crippen LogP contribution in [-0.2, 0) is 11.3 Å². The fraction of sp³-hybridized carbons (Fsp3) is 0.348. The third kappa shape index (κ3) is 4.47. The number of rotatable bonds is 7. The molecule has 150 valence electrons. The first-order valence-corrected chi connectivity index (χ1v) is 10.0. The molecule has 1 aliphatic heterocycles. The first-order valence-electron chi connectivity index (χ1n) is 10.0. The summed E-state index contributed by atoms with van der Waals surface area (Å²) in [5, 5.41) is 4.11. The maximum Gasteiger partial charge on any atom is 0.232 e. The Balaban J connectivity index is 1.40. The number of carbonyl (C=O) groups excluding carboxylic acids is 1. The Morgan fingerprint density at radius 3 is 2.79 bits per heavy atom. The SMILES string of the molecule is CCCOc1ccc(CN2CC(c3nc(-c4cccc(C)c4)no3)CC2=O)cc1. The van der Waals surface area contributed by atoms with Gasteiger partial charge >= 0.3 is 0 Å². The molecular formula is C23H25N3O3. The van der Waals surface area contributed by atoms with Gasteiger partial charge in [0.2, 0.25) is 17.6 Å². The van der Waals surface area contributed by atoms with E-state index >= 15 is 0 Å². The zero-order valence-electron chi connectivity index (χ0n) is 16.8. The van der Waals surface area contributed by atoms with Gasteiger partial charge in [0.25, 0.3) is 0 Å². The van der Waals surface area contributed by atoms with Gasteiger partial charge in [-0.15, -0.1) is 0 Å². The van der Waals surface area contributed by atoms with E-state index in [0.29, 0.717) is 37.8 Å². The molecule has 1 saturated heterocycles. The van der Waals surface area contributed by atoms with E-state index in [9.17, 15) is 4.79 Å². The van der Waals surface area contributed by atoms with Gasteiger partial charge in [0.1, 0.15) is 5.75 Å². The second-order valence-corrected chi connectivity index (χ2v) is 7.49. The summed E-state index contributed by atoms with van der Waals surface area (Å²) in [5.41, 5.74) is 3.14. The Kier molecular flexibility index (Phi) is 5.60. The molecule has 4 rings (SSSR count). The van der Waals surface area contributed by atoms with Crippen LogP contribution in [0.15, 0.2) is 53.1 Å². The van der Waals surface area contributed by atoms with Crippen molar-refractivity contribution in [2.24, 2.45) is 0 Å². The van der Waals surface area contributed by atoms with E-state index in [2.05, 4.69) is 17.1 Å². The molecule has 6 heteroatoms. The zero-order chi connectivity index (χ0) is 20.2. The highest BCUT2D eigenvalue weighted by Gasteiger charge is 2.34. The molecular weight excluding hydrogens is 366 g/mol. The number of aromatic nitrogens is 2. The second kappa shape index (κ2) is 8.47. The van der Waals surface area contributed by atoms with Gasteiger partial charge in [-0.25, -0.2) is 0 Å². The minimum atomic E-state index is -0.0688. The van der Waals surface area contributed by atoms with Gasteiger partial charge in [-0.05, 0) is 37.1 Å². The molecule has 0 spiro atoms. The largest absolute Gasteiger partial charge is 0.494 e. The van der Waals surface area contributed by atoms with Crippen LogP contribution in [0.2, 0.25) is 0 Å². The standard InChI is InChI=1S/C23H25N3O3/c1-3-11-28-20-9-7-17(8-10-20)14-26-15-19(13-21(26)27)23-24-22(25-29-23)18-6-4-5-16(2)12-18/h4-10,12,19H,3,11,13-15H2,1-2H3. The minimum absolute atomic E-state index is 0.0688. The van der Waals surface area contributed by atoms with Crippen LogP contribution in [-0.4, -0.2) is 34.1 Å². The highest BCUT2D eigenvalue weighted by molar-refractivity contribution is 5.79. The lowest BCUT2D eigenvalue weighted by Crippen LogP contribution is -2.24. The minimum Gasteiger partial charge on any atom is -0.494 e. The first-order chi connectivity index (χ1) is 14.1. The summed E-state index contributed by atoms with van der Waals surface area (Å²) in [6.07, 6.45) is 1.37. The number of likely N-dealkylation sites (tertiary alicyclic amines) is 1. The lowest BCUT2D eigenvalue weighted by molar-refractivity contribution is -0.128. The number of carbonyl (C=O) groups is 1. The highest BCUT2D eigenvalue weighted by Crippen LogP contribution is 2.30. The molecule has 0 saturated carbocycles. The fourth-order valence-electron chi connectivity index (χ4n) is 3.52. The smallest absolute Gasteiger partial charge is 0.232 e. The van der Waals surface area contributed by atoms with E-state index in [0.717, 1.165) is 28.9 Å². The Hall–Kier alpha value is -3.15.